The van der Waals surface area contributed by atoms with Crippen molar-refractivity contribution in [2.75, 3.05) is 0 Å². The van der Waals surface area contributed by atoms with Gasteiger partial charge in [-0.3, -0.25) is 4.99 Å². The maximum atomic E-state index is 4.42. The first-order valence-electron chi connectivity index (χ1n) is 5.19. The van der Waals surface area contributed by atoms with Crippen molar-refractivity contribution in [1.29, 1.82) is 0 Å². The van der Waals surface area contributed by atoms with Gasteiger partial charge in [-0.1, -0.05) is 31.5 Å². The highest BCUT2D eigenvalue weighted by atomic mass is 14.7. The Balaban J connectivity index is 0.000000791. The largest absolute Gasteiger partial charge is 0.258 e. The Hall–Kier alpha value is -1.11. The molecule has 1 aromatic rings. The van der Waals surface area contributed by atoms with E-state index in [4.69, 9.17) is 0 Å². The molecule has 0 heterocycles. The predicted molar refractivity (Wildman–Crippen MR) is 65.7 cm³/mol. The van der Waals surface area contributed by atoms with Gasteiger partial charge in [0.2, 0.25) is 0 Å². The molecule has 0 atom stereocenters. The van der Waals surface area contributed by atoms with Crippen molar-refractivity contribution in [3.8, 4) is 0 Å². The minimum Gasteiger partial charge on any atom is -0.258 e. The van der Waals surface area contributed by atoms with Crippen LogP contribution in [0.2, 0.25) is 0 Å². The first kappa shape index (κ1) is 12.9. The molecular weight excluding hydrogens is 170 g/mol. The lowest BCUT2D eigenvalue weighted by Gasteiger charge is -2.01. The highest BCUT2D eigenvalue weighted by Crippen LogP contribution is 2.19. The maximum Gasteiger partial charge on any atom is 0.0658 e. The van der Waals surface area contributed by atoms with Crippen LogP contribution in [0, 0.1) is 13.8 Å². The summed E-state index contributed by atoms with van der Waals surface area (Å²) in [6, 6.07) is 6.31. The molecule has 1 heteroatoms. The Morgan fingerprint density at radius 2 is 1.64 bits per heavy atom. The normalized spacial score (nSPS) is 8.71. The molecule has 0 spiro atoms. The van der Waals surface area contributed by atoms with Crippen LogP contribution < -0.4 is 0 Å². The van der Waals surface area contributed by atoms with Crippen LogP contribution in [-0.4, -0.2) is 5.71 Å². The van der Waals surface area contributed by atoms with Gasteiger partial charge in [0.15, 0.2) is 0 Å². The van der Waals surface area contributed by atoms with Gasteiger partial charge in [-0.15, -0.1) is 0 Å². The van der Waals surface area contributed by atoms with Crippen molar-refractivity contribution in [2.24, 2.45) is 4.99 Å². The van der Waals surface area contributed by atoms with Crippen molar-refractivity contribution in [3.63, 3.8) is 0 Å². The molecule has 1 rings (SSSR count). The lowest BCUT2D eigenvalue weighted by Crippen LogP contribution is -1.82. The van der Waals surface area contributed by atoms with E-state index in [1.54, 1.807) is 0 Å². The molecule has 0 aliphatic rings. The summed E-state index contributed by atoms with van der Waals surface area (Å²) in [6.45, 7) is 12.2. The molecule has 0 N–H and O–H groups in total. The van der Waals surface area contributed by atoms with Crippen molar-refractivity contribution in [2.45, 2.75) is 41.5 Å². The third-order valence-electron chi connectivity index (χ3n) is 1.70. The minimum absolute atomic E-state index is 1.08. The highest BCUT2D eigenvalue weighted by molar-refractivity contribution is 5.82. The molecule has 0 saturated heterocycles. The Morgan fingerprint density at radius 1 is 1.07 bits per heavy atom. The second kappa shape index (κ2) is 6.36. The van der Waals surface area contributed by atoms with Crippen LogP contribution in [0.5, 0.6) is 0 Å². The van der Waals surface area contributed by atoms with Crippen LogP contribution >= 0.6 is 0 Å². The molecule has 0 aliphatic carbocycles. The quantitative estimate of drug-likeness (QED) is 0.582. The first-order chi connectivity index (χ1) is 6.59. The summed E-state index contributed by atoms with van der Waals surface area (Å²) in [5.41, 5.74) is 4.72. The highest BCUT2D eigenvalue weighted by Gasteiger charge is 1.94. The zero-order valence-corrected chi connectivity index (χ0v) is 10.2. The van der Waals surface area contributed by atoms with Crippen molar-refractivity contribution < 1.29 is 0 Å². The van der Waals surface area contributed by atoms with Crippen LogP contribution in [0.1, 0.15) is 38.8 Å². The zero-order valence-electron chi connectivity index (χ0n) is 10.2. The van der Waals surface area contributed by atoms with Crippen LogP contribution in [0.4, 0.5) is 5.69 Å². The third-order valence-corrected chi connectivity index (χ3v) is 1.70. The second-order valence-corrected chi connectivity index (χ2v) is 3.35. The Bertz CT molecular complexity index is 307. The van der Waals surface area contributed by atoms with E-state index in [0.717, 1.165) is 11.4 Å². The van der Waals surface area contributed by atoms with Crippen molar-refractivity contribution in [3.05, 3.63) is 29.3 Å². The topological polar surface area (TPSA) is 12.4 Å². The van der Waals surface area contributed by atoms with Gasteiger partial charge in [0, 0.05) is 5.71 Å². The second-order valence-electron chi connectivity index (χ2n) is 3.35. The standard InChI is InChI=1S/C11H15N.C2H6/c1-8(2)12-11-6-5-9(3)7-10(11)4;1-2/h5-7H,1-4H3;1-2H3. The molecular formula is C13H21N. The molecule has 0 bridgehead atoms. The molecule has 0 fully saturated rings. The maximum absolute atomic E-state index is 4.42. The average molecular weight is 191 g/mol. The molecule has 0 amide bonds. The summed E-state index contributed by atoms with van der Waals surface area (Å²) in [7, 11) is 0. The molecule has 14 heavy (non-hydrogen) atoms. The summed E-state index contributed by atoms with van der Waals surface area (Å²) < 4.78 is 0. The summed E-state index contributed by atoms with van der Waals surface area (Å²) in [5.74, 6) is 0. The van der Waals surface area contributed by atoms with Gasteiger partial charge < -0.3 is 0 Å². The van der Waals surface area contributed by atoms with Gasteiger partial charge in [-0.25, -0.2) is 0 Å². The monoisotopic (exact) mass is 191 g/mol. The third kappa shape index (κ3) is 4.22. The summed E-state index contributed by atoms with van der Waals surface area (Å²) >= 11 is 0. The molecule has 0 unspecified atom stereocenters. The van der Waals surface area contributed by atoms with E-state index >= 15 is 0 Å². The number of aliphatic imine (C=N–C) groups is 1. The van der Waals surface area contributed by atoms with Crippen molar-refractivity contribution in [1.82, 2.24) is 0 Å². The molecule has 0 saturated carbocycles. The van der Waals surface area contributed by atoms with E-state index in [1.807, 2.05) is 27.7 Å². The Kier molecular flexibility index (Phi) is 5.86. The molecule has 1 aromatic carbocycles. The van der Waals surface area contributed by atoms with E-state index < -0.39 is 0 Å². The number of rotatable bonds is 1. The first-order valence-corrected chi connectivity index (χ1v) is 5.19. The summed E-state index contributed by atoms with van der Waals surface area (Å²) in [6.07, 6.45) is 0. The van der Waals surface area contributed by atoms with E-state index in [-0.39, 0.29) is 0 Å². The lowest BCUT2D eigenvalue weighted by molar-refractivity contribution is 1.34. The zero-order chi connectivity index (χ0) is 11.1. The van der Waals surface area contributed by atoms with Gasteiger partial charge in [-0.05, 0) is 39.3 Å². The molecule has 1 nitrogen and oxygen atoms in total. The number of benzene rings is 1. The van der Waals surface area contributed by atoms with E-state index in [9.17, 15) is 0 Å². The van der Waals surface area contributed by atoms with Gasteiger partial charge in [0.05, 0.1) is 5.69 Å². The number of hydrogen-bond donors (Lipinski definition) is 0. The van der Waals surface area contributed by atoms with Crippen LogP contribution in [-0.2, 0) is 0 Å². The van der Waals surface area contributed by atoms with Gasteiger partial charge >= 0.3 is 0 Å². The SMILES string of the molecule is CC.CC(C)=Nc1ccc(C)cc1C. The lowest BCUT2D eigenvalue weighted by atomic mass is 10.1. The van der Waals surface area contributed by atoms with Gasteiger partial charge in [0.1, 0.15) is 0 Å². The minimum atomic E-state index is 1.08. The fourth-order valence-corrected chi connectivity index (χ4v) is 1.17. The number of hydrogen-bond acceptors (Lipinski definition) is 1. The Morgan fingerprint density at radius 3 is 2.07 bits per heavy atom. The predicted octanol–water partition coefficient (Wildman–Crippen LogP) is 4.44. The fraction of sp³-hybridized carbons (Fsp3) is 0.462. The Labute approximate surface area is 87.9 Å². The molecule has 78 valence electrons. The average Bonchev–Trinajstić information content (AvgIpc) is 2.13. The van der Waals surface area contributed by atoms with Crippen LogP contribution in [0.15, 0.2) is 23.2 Å². The number of nitrogens with zero attached hydrogens (tertiary/aromatic N) is 1. The van der Waals surface area contributed by atoms with E-state index in [0.29, 0.717) is 0 Å². The summed E-state index contributed by atoms with van der Waals surface area (Å²) in [4.78, 5) is 4.42. The smallest absolute Gasteiger partial charge is 0.0658 e. The fourth-order valence-electron chi connectivity index (χ4n) is 1.17. The van der Waals surface area contributed by atoms with E-state index in [2.05, 4.69) is 37.0 Å². The van der Waals surface area contributed by atoms with Crippen LogP contribution in [0.25, 0.3) is 0 Å². The van der Waals surface area contributed by atoms with Gasteiger partial charge in [0.25, 0.3) is 0 Å². The van der Waals surface area contributed by atoms with Crippen molar-refractivity contribution >= 4 is 11.4 Å². The number of aryl methyl sites for hydroxylation is 2. The molecule has 0 aromatic heterocycles. The van der Waals surface area contributed by atoms with E-state index in [1.165, 1.54) is 11.1 Å². The summed E-state index contributed by atoms with van der Waals surface area (Å²) in [5, 5.41) is 0. The van der Waals surface area contributed by atoms with Crippen LogP contribution in [0.3, 0.4) is 0 Å². The molecule has 0 aliphatic heterocycles. The van der Waals surface area contributed by atoms with Gasteiger partial charge in [-0.2, -0.15) is 0 Å². The molecule has 0 radical (unpaired) electrons.